The molecule has 0 saturated carbocycles. The minimum atomic E-state index is -0.487. The van der Waals surface area contributed by atoms with Gasteiger partial charge in [-0.3, -0.25) is 9.59 Å². The Morgan fingerprint density at radius 2 is 1.67 bits per heavy atom. The monoisotopic (exact) mass is 424 g/mol. The molecule has 2 amide bonds. The van der Waals surface area contributed by atoms with Crippen LogP contribution in [0.25, 0.3) is 0 Å². The summed E-state index contributed by atoms with van der Waals surface area (Å²) in [5.41, 5.74) is 1.73. The molecule has 0 aliphatic carbocycles. The lowest BCUT2D eigenvalue weighted by molar-refractivity contribution is -0.123. The van der Waals surface area contributed by atoms with Crippen LogP contribution in [0.2, 0.25) is 10.0 Å². The molecule has 7 heteroatoms. The summed E-state index contributed by atoms with van der Waals surface area (Å²) in [5.74, 6) is 0.702. The summed E-state index contributed by atoms with van der Waals surface area (Å²) in [6.07, 6.45) is 0. The summed E-state index contributed by atoms with van der Waals surface area (Å²) in [7, 11) is 0. The quantitative estimate of drug-likeness (QED) is 0.611. The molecule has 0 aromatic heterocycles. The van der Waals surface area contributed by atoms with Gasteiger partial charge in [0.1, 0.15) is 0 Å². The van der Waals surface area contributed by atoms with Crippen molar-refractivity contribution in [2.24, 2.45) is 5.41 Å². The Balaban J connectivity index is 1.86. The van der Waals surface area contributed by atoms with Gasteiger partial charge in [0.15, 0.2) is 0 Å². The van der Waals surface area contributed by atoms with E-state index < -0.39 is 5.41 Å². The van der Waals surface area contributed by atoms with Crippen molar-refractivity contribution in [3.05, 3.63) is 58.1 Å². The van der Waals surface area contributed by atoms with E-state index in [1.165, 1.54) is 11.8 Å². The summed E-state index contributed by atoms with van der Waals surface area (Å²) in [4.78, 5) is 24.2. The van der Waals surface area contributed by atoms with Crippen molar-refractivity contribution in [2.75, 3.05) is 16.4 Å². The van der Waals surface area contributed by atoms with E-state index in [0.29, 0.717) is 27.2 Å². The number of hydrogen-bond donors (Lipinski definition) is 2. The van der Waals surface area contributed by atoms with E-state index in [-0.39, 0.29) is 17.6 Å². The summed E-state index contributed by atoms with van der Waals surface area (Å²) >= 11 is 13.5. The predicted octanol–water partition coefficient (Wildman–Crippen LogP) is 5.85. The van der Waals surface area contributed by atoms with Crippen LogP contribution in [0.5, 0.6) is 0 Å². The van der Waals surface area contributed by atoms with E-state index in [1.54, 1.807) is 36.4 Å². The maximum atomic E-state index is 12.2. The van der Waals surface area contributed by atoms with Crippen molar-refractivity contribution in [2.45, 2.75) is 26.5 Å². The lowest BCUT2D eigenvalue weighted by atomic mass is 9.95. The minimum absolute atomic E-state index is 0.0821. The standard InChI is InChI=1S/C20H22Cl2N2O2S/c1-20(2,3)19(26)24-16-6-4-5-15(10-16)23-18(25)12-27-11-13-7-8-14(21)9-17(13)22/h4-10H,11-12H2,1-3H3,(H,23,25)(H,24,26). The number of amides is 2. The van der Waals surface area contributed by atoms with Crippen molar-refractivity contribution < 1.29 is 9.59 Å². The Morgan fingerprint density at radius 3 is 2.30 bits per heavy atom. The third-order valence-corrected chi connectivity index (χ3v) is 5.16. The maximum absolute atomic E-state index is 12.2. The second-order valence-electron chi connectivity index (χ2n) is 7.06. The Morgan fingerprint density at radius 1 is 1.00 bits per heavy atom. The average Bonchev–Trinajstić information content (AvgIpc) is 2.56. The zero-order valence-electron chi connectivity index (χ0n) is 15.4. The number of halogens is 2. The van der Waals surface area contributed by atoms with Gasteiger partial charge in [0.05, 0.1) is 5.75 Å². The Labute approximate surface area is 174 Å². The van der Waals surface area contributed by atoms with E-state index >= 15 is 0 Å². The van der Waals surface area contributed by atoms with Gasteiger partial charge >= 0.3 is 0 Å². The van der Waals surface area contributed by atoms with Crippen LogP contribution in [0.3, 0.4) is 0 Å². The predicted molar refractivity (Wildman–Crippen MR) is 116 cm³/mol. The first-order valence-corrected chi connectivity index (χ1v) is 10.3. The third-order valence-electron chi connectivity index (χ3n) is 3.59. The molecule has 0 bridgehead atoms. The fourth-order valence-corrected chi connectivity index (χ4v) is 3.47. The highest BCUT2D eigenvalue weighted by molar-refractivity contribution is 7.99. The summed E-state index contributed by atoms with van der Waals surface area (Å²) in [6.45, 7) is 5.54. The summed E-state index contributed by atoms with van der Waals surface area (Å²) in [5, 5.41) is 6.87. The molecule has 0 saturated heterocycles. The van der Waals surface area contributed by atoms with Gasteiger partial charge < -0.3 is 10.6 Å². The van der Waals surface area contributed by atoms with Gasteiger partial charge in [-0.1, -0.05) is 56.1 Å². The van der Waals surface area contributed by atoms with E-state index in [2.05, 4.69) is 10.6 Å². The molecule has 0 aliphatic rings. The van der Waals surface area contributed by atoms with Crippen molar-refractivity contribution in [1.29, 1.82) is 0 Å². The third kappa shape index (κ3) is 7.09. The zero-order chi connectivity index (χ0) is 20.0. The fourth-order valence-electron chi connectivity index (χ4n) is 2.08. The minimum Gasteiger partial charge on any atom is -0.326 e. The van der Waals surface area contributed by atoms with E-state index in [0.717, 1.165) is 5.56 Å². The first-order valence-electron chi connectivity index (χ1n) is 8.38. The molecule has 0 atom stereocenters. The Kier molecular flexibility index (Phi) is 7.59. The largest absolute Gasteiger partial charge is 0.326 e. The SMILES string of the molecule is CC(C)(C)C(=O)Nc1cccc(NC(=O)CSCc2ccc(Cl)cc2Cl)c1. The van der Waals surface area contributed by atoms with Gasteiger partial charge in [-0.25, -0.2) is 0 Å². The molecule has 2 N–H and O–H groups in total. The lowest BCUT2D eigenvalue weighted by Crippen LogP contribution is -2.27. The number of benzene rings is 2. The molecule has 2 rings (SSSR count). The summed E-state index contributed by atoms with van der Waals surface area (Å²) in [6, 6.07) is 12.4. The van der Waals surface area contributed by atoms with Crippen LogP contribution in [0, 0.1) is 5.41 Å². The number of hydrogen-bond acceptors (Lipinski definition) is 3. The topological polar surface area (TPSA) is 58.2 Å². The van der Waals surface area contributed by atoms with Gasteiger partial charge in [0, 0.05) is 32.6 Å². The number of carbonyl (C=O) groups excluding carboxylic acids is 2. The molecular weight excluding hydrogens is 403 g/mol. The highest BCUT2D eigenvalue weighted by Gasteiger charge is 2.21. The van der Waals surface area contributed by atoms with E-state index in [9.17, 15) is 9.59 Å². The molecule has 2 aromatic rings. The van der Waals surface area contributed by atoms with Crippen molar-refractivity contribution >= 4 is 58.2 Å². The maximum Gasteiger partial charge on any atom is 0.234 e. The van der Waals surface area contributed by atoms with E-state index in [4.69, 9.17) is 23.2 Å². The number of rotatable bonds is 6. The van der Waals surface area contributed by atoms with Gasteiger partial charge in [-0.2, -0.15) is 0 Å². The van der Waals surface area contributed by atoms with Crippen molar-refractivity contribution in [3.8, 4) is 0 Å². The van der Waals surface area contributed by atoms with Crippen LogP contribution >= 0.6 is 35.0 Å². The molecule has 4 nitrogen and oxygen atoms in total. The molecule has 0 heterocycles. The van der Waals surface area contributed by atoms with Crippen molar-refractivity contribution in [1.82, 2.24) is 0 Å². The molecule has 27 heavy (non-hydrogen) atoms. The molecule has 0 fully saturated rings. The number of anilines is 2. The van der Waals surface area contributed by atoms with Crippen molar-refractivity contribution in [3.63, 3.8) is 0 Å². The first kappa shape index (κ1) is 21.6. The number of thioether (sulfide) groups is 1. The average molecular weight is 425 g/mol. The normalized spacial score (nSPS) is 11.1. The summed E-state index contributed by atoms with van der Waals surface area (Å²) < 4.78 is 0. The second-order valence-corrected chi connectivity index (χ2v) is 8.89. The molecule has 0 unspecified atom stereocenters. The van der Waals surface area contributed by atoms with Crippen LogP contribution < -0.4 is 10.6 Å². The lowest BCUT2D eigenvalue weighted by Gasteiger charge is -2.18. The number of carbonyl (C=O) groups is 2. The van der Waals surface area contributed by atoms with Crippen LogP contribution in [0.4, 0.5) is 11.4 Å². The van der Waals surface area contributed by atoms with E-state index in [1.807, 2.05) is 26.8 Å². The molecule has 2 aromatic carbocycles. The molecule has 0 radical (unpaired) electrons. The molecular formula is C20H22Cl2N2O2S. The first-order chi connectivity index (χ1) is 12.6. The zero-order valence-corrected chi connectivity index (χ0v) is 17.8. The smallest absolute Gasteiger partial charge is 0.234 e. The van der Waals surface area contributed by atoms with Gasteiger partial charge in [-0.15, -0.1) is 11.8 Å². The van der Waals surface area contributed by atoms with Gasteiger partial charge in [0.2, 0.25) is 11.8 Å². The number of nitrogens with one attached hydrogen (secondary N) is 2. The molecule has 0 aliphatic heterocycles. The van der Waals surface area contributed by atoms with Gasteiger partial charge in [-0.05, 0) is 35.9 Å². The van der Waals surface area contributed by atoms with Crippen LogP contribution in [0.15, 0.2) is 42.5 Å². The van der Waals surface area contributed by atoms with Crippen LogP contribution in [-0.4, -0.2) is 17.6 Å². The fraction of sp³-hybridized carbons (Fsp3) is 0.300. The van der Waals surface area contributed by atoms with Gasteiger partial charge in [0.25, 0.3) is 0 Å². The highest BCUT2D eigenvalue weighted by atomic mass is 35.5. The van der Waals surface area contributed by atoms with Crippen LogP contribution in [0.1, 0.15) is 26.3 Å². The Bertz CT molecular complexity index is 835. The Hall–Kier alpha value is -1.69. The second kappa shape index (κ2) is 9.49. The molecule has 144 valence electrons. The highest BCUT2D eigenvalue weighted by Crippen LogP contribution is 2.25. The van der Waals surface area contributed by atoms with Crippen LogP contribution in [-0.2, 0) is 15.3 Å². The molecule has 0 spiro atoms.